The van der Waals surface area contributed by atoms with E-state index in [1.54, 1.807) is 24.3 Å². The second kappa shape index (κ2) is 6.60. The first-order chi connectivity index (χ1) is 9.29. The number of anilines is 1. The van der Waals surface area contributed by atoms with E-state index >= 15 is 0 Å². The minimum Gasteiger partial charge on any atom is -0.409 e. The standard InChI is InChI=1S/C13H21N3O3S/c1-10(2)8-9-20(18,19)16(3)12-7-5-4-6-11(12)13(14)15-17/h4-7,10,17H,8-9H2,1-3H3,(H2,14,15). The molecule has 0 heterocycles. The molecule has 0 aliphatic heterocycles. The molecule has 0 spiro atoms. The van der Waals surface area contributed by atoms with E-state index in [1.807, 2.05) is 13.8 Å². The van der Waals surface area contributed by atoms with E-state index in [1.165, 1.54) is 11.4 Å². The van der Waals surface area contributed by atoms with Crippen molar-refractivity contribution in [2.45, 2.75) is 20.3 Å². The van der Waals surface area contributed by atoms with Gasteiger partial charge in [-0.2, -0.15) is 0 Å². The highest BCUT2D eigenvalue weighted by atomic mass is 32.2. The van der Waals surface area contributed by atoms with Crippen LogP contribution in [-0.2, 0) is 10.0 Å². The van der Waals surface area contributed by atoms with Gasteiger partial charge in [0.05, 0.1) is 11.4 Å². The third-order valence-corrected chi connectivity index (χ3v) is 4.78. The van der Waals surface area contributed by atoms with Crippen LogP contribution in [0.15, 0.2) is 29.4 Å². The Kier molecular flexibility index (Phi) is 5.38. The Morgan fingerprint density at radius 1 is 1.40 bits per heavy atom. The molecule has 112 valence electrons. The fourth-order valence-electron chi connectivity index (χ4n) is 1.69. The van der Waals surface area contributed by atoms with Crippen molar-refractivity contribution >= 4 is 21.5 Å². The molecule has 20 heavy (non-hydrogen) atoms. The summed E-state index contributed by atoms with van der Waals surface area (Å²) < 4.78 is 25.7. The van der Waals surface area contributed by atoms with Gasteiger partial charge in [0.25, 0.3) is 0 Å². The topological polar surface area (TPSA) is 96.0 Å². The molecule has 1 aromatic rings. The summed E-state index contributed by atoms with van der Waals surface area (Å²) in [5.41, 5.74) is 6.35. The maximum absolute atomic E-state index is 12.3. The third-order valence-electron chi connectivity index (χ3n) is 3.00. The maximum atomic E-state index is 12.3. The fraction of sp³-hybridized carbons (Fsp3) is 0.462. The van der Waals surface area contributed by atoms with Gasteiger partial charge in [0.2, 0.25) is 10.0 Å². The van der Waals surface area contributed by atoms with Crippen molar-refractivity contribution in [1.82, 2.24) is 0 Å². The van der Waals surface area contributed by atoms with Crippen LogP contribution in [0.5, 0.6) is 0 Å². The third kappa shape index (κ3) is 3.86. The molecule has 0 saturated heterocycles. The van der Waals surface area contributed by atoms with Crippen molar-refractivity contribution < 1.29 is 13.6 Å². The van der Waals surface area contributed by atoms with Gasteiger partial charge in [-0.1, -0.05) is 31.1 Å². The molecule has 0 atom stereocenters. The summed E-state index contributed by atoms with van der Waals surface area (Å²) >= 11 is 0. The number of nitrogens with zero attached hydrogens (tertiary/aromatic N) is 2. The van der Waals surface area contributed by atoms with Crippen molar-refractivity contribution in [1.29, 1.82) is 0 Å². The molecular weight excluding hydrogens is 278 g/mol. The van der Waals surface area contributed by atoms with E-state index in [2.05, 4.69) is 5.16 Å². The molecule has 1 rings (SSSR count). The van der Waals surface area contributed by atoms with Gasteiger partial charge in [-0.3, -0.25) is 4.31 Å². The van der Waals surface area contributed by atoms with E-state index < -0.39 is 10.0 Å². The van der Waals surface area contributed by atoms with Crippen LogP contribution in [0.4, 0.5) is 5.69 Å². The Bertz CT molecular complexity index is 582. The molecule has 7 heteroatoms. The lowest BCUT2D eigenvalue weighted by molar-refractivity contribution is 0.318. The summed E-state index contributed by atoms with van der Waals surface area (Å²) in [5.74, 6) is 0.245. The zero-order valence-electron chi connectivity index (χ0n) is 11.9. The van der Waals surface area contributed by atoms with Gasteiger partial charge in [-0.05, 0) is 24.5 Å². The van der Waals surface area contributed by atoms with E-state index in [-0.39, 0.29) is 11.6 Å². The predicted octanol–water partition coefficient (Wildman–Crippen LogP) is 1.59. The highest BCUT2D eigenvalue weighted by molar-refractivity contribution is 7.92. The smallest absolute Gasteiger partial charge is 0.234 e. The summed E-state index contributed by atoms with van der Waals surface area (Å²) in [4.78, 5) is 0. The molecule has 0 amide bonds. The summed E-state index contributed by atoms with van der Waals surface area (Å²) in [6.45, 7) is 3.94. The Morgan fingerprint density at radius 3 is 2.55 bits per heavy atom. The van der Waals surface area contributed by atoms with Crippen LogP contribution < -0.4 is 10.0 Å². The summed E-state index contributed by atoms with van der Waals surface area (Å²) in [6.07, 6.45) is 0.582. The molecule has 0 saturated carbocycles. The van der Waals surface area contributed by atoms with Gasteiger partial charge < -0.3 is 10.9 Å². The molecular formula is C13H21N3O3S. The second-order valence-electron chi connectivity index (χ2n) is 4.97. The van der Waals surface area contributed by atoms with Gasteiger partial charge in [0, 0.05) is 12.6 Å². The Morgan fingerprint density at radius 2 is 2.00 bits per heavy atom. The average molecular weight is 299 g/mol. The van der Waals surface area contributed by atoms with E-state index in [9.17, 15) is 8.42 Å². The van der Waals surface area contributed by atoms with Crippen LogP contribution in [0.2, 0.25) is 0 Å². The number of nitrogens with two attached hydrogens (primary N) is 1. The van der Waals surface area contributed by atoms with Crippen molar-refractivity contribution in [3.05, 3.63) is 29.8 Å². The minimum absolute atomic E-state index is 0.0612. The number of rotatable bonds is 6. The number of oxime groups is 1. The molecule has 0 radical (unpaired) electrons. The van der Waals surface area contributed by atoms with E-state index in [0.717, 1.165) is 0 Å². The lowest BCUT2D eigenvalue weighted by Crippen LogP contribution is -2.31. The zero-order chi connectivity index (χ0) is 15.3. The van der Waals surface area contributed by atoms with E-state index in [0.29, 0.717) is 23.6 Å². The number of sulfonamides is 1. The van der Waals surface area contributed by atoms with Gasteiger partial charge in [0.15, 0.2) is 5.84 Å². The maximum Gasteiger partial charge on any atom is 0.234 e. The van der Waals surface area contributed by atoms with Crippen LogP contribution in [-0.4, -0.2) is 32.3 Å². The van der Waals surface area contributed by atoms with Crippen LogP contribution in [0.25, 0.3) is 0 Å². The zero-order valence-corrected chi connectivity index (χ0v) is 12.8. The minimum atomic E-state index is -3.43. The molecule has 0 bridgehead atoms. The molecule has 0 unspecified atom stereocenters. The SMILES string of the molecule is CC(C)CCS(=O)(=O)N(C)c1ccccc1/C(N)=N/O. The normalized spacial score (nSPS) is 12.7. The largest absolute Gasteiger partial charge is 0.409 e. The molecule has 3 N–H and O–H groups in total. The monoisotopic (exact) mass is 299 g/mol. The number of para-hydroxylation sites is 1. The quantitative estimate of drug-likeness (QED) is 0.361. The molecule has 0 fully saturated rings. The Labute approximate surface area is 119 Å². The van der Waals surface area contributed by atoms with Gasteiger partial charge in [0.1, 0.15) is 0 Å². The fourth-order valence-corrected chi connectivity index (χ4v) is 3.19. The van der Waals surface area contributed by atoms with Gasteiger partial charge >= 0.3 is 0 Å². The van der Waals surface area contributed by atoms with Crippen LogP contribution in [0.3, 0.4) is 0 Å². The number of amidine groups is 1. The summed E-state index contributed by atoms with van der Waals surface area (Å²) in [6, 6.07) is 6.64. The summed E-state index contributed by atoms with van der Waals surface area (Å²) in [5, 5.41) is 11.7. The number of benzene rings is 1. The van der Waals surface area contributed by atoms with Crippen molar-refractivity contribution in [3.8, 4) is 0 Å². The average Bonchev–Trinajstić information content (AvgIpc) is 2.43. The first-order valence-electron chi connectivity index (χ1n) is 6.33. The Balaban J connectivity index is 3.12. The Hall–Kier alpha value is -1.76. The molecule has 0 aliphatic carbocycles. The number of hydrogen-bond donors (Lipinski definition) is 2. The van der Waals surface area contributed by atoms with Gasteiger partial charge in [-0.25, -0.2) is 8.42 Å². The number of hydrogen-bond acceptors (Lipinski definition) is 4. The molecule has 1 aromatic carbocycles. The lowest BCUT2D eigenvalue weighted by atomic mass is 10.1. The first-order valence-corrected chi connectivity index (χ1v) is 7.94. The first kappa shape index (κ1) is 16.3. The highest BCUT2D eigenvalue weighted by Gasteiger charge is 2.21. The molecule has 0 aromatic heterocycles. The van der Waals surface area contributed by atoms with Gasteiger partial charge in [-0.15, -0.1) is 0 Å². The second-order valence-corrected chi connectivity index (χ2v) is 7.09. The molecule has 6 nitrogen and oxygen atoms in total. The van der Waals surface area contributed by atoms with Crippen molar-refractivity contribution in [2.24, 2.45) is 16.8 Å². The molecule has 0 aliphatic rings. The summed E-state index contributed by atoms with van der Waals surface area (Å²) in [7, 11) is -1.96. The lowest BCUT2D eigenvalue weighted by Gasteiger charge is -2.22. The van der Waals surface area contributed by atoms with Crippen molar-refractivity contribution in [3.63, 3.8) is 0 Å². The van der Waals surface area contributed by atoms with Crippen LogP contribution in [0, 0.1) is 5.92 Å². The van der Waals surface area contributed by atoms with Crippen LogP contribution in [0.1, 0.15) is 25.8 Å². The van der Waals surface area contributed by atoms with E-state index in [4.69, 9.17) is 10.9 Å². The highest BCUT2D eigenvalue weighted by Crippen LogP contribution is 2.22. The predicted molar refractivity (Wildman–Crippen MR) is 80.6 cm³/mol. The van der Waals surface area contributed by atoms with Crippen molar-refractivity contribution in [2.75, 3.05) is 17.1 Å². The van der Waals surface area contributed by atoms with Crippen LogP contribution >= 0.6 is 0 Å².